The Bertz CT molecular complexity index is 462. The van der Waals surface area contributed by atoms with Crippen LogP contribution in [0.1, 0.15) is 32.3 Å². The van der Waals surface area contributed by atoms with Crippen LogP contribution in [0.5, 0.6) is 0 Å². The molecule has 1 aromatic carbocycles. The number of aliphatic imine (C=N–C) groups is 1. The van der Waals surface area contributed by atoms with Crippen LogP contribution in [0.2, 0.25) is 0 Å². The van der Waals surface area contributed by atoms with E-state index < -0.39 is 0 Å². The molecule has 0 radical (unpaired) electrons. The third kappa shape index (κ3) is 11.6. The number of rotatable bonds is 12. The topological polar surface area (TPSA) is 48.9 Å². The molecule has 5 nitrogen and oxygen atoms in total. The van der Waals surface area contributed by atoms with Gasteiger partial charge in [-0.25, -0.2) is 0 Å². The van der Waals surface area contributed by atoms with Gasteiger partial charge in [-0.3, -0.25) is 4.99 Å². The lowest BCUT2D eigenvalue weighted by atomic mass is 10.2. The molecule has 1 aromatic rings. The van der Waals surface area contributed by atoms with Crippen molar-refractivity contribution in [3.05, 3.63) is 35.9 Å². The van der Waals surface area contributed by atoms with E-state index in [1.54, 1.807) is 0 Å². The highest BCUT2D eigenvalue weighted by atomic mass is 16.5. The SMILES string of the molecule is CN=C(NCCCOCC(C)C)NCCCN(C)Cc1ccccc1. The third-order valence-electron chi connectivity index (χ3n) is 3.74. The van der Waals surface area contributed by atoms with Gasteiger partial charge in [0.2, 0.25) is 0 Å². The molecule has 0 aliphatic carbocycles. The van der Waals surface area contributed by atoms with Crippen LogP contribution in [0.15, 0.2) is 35.3 Å². The fraction of sp³-hybridized carbons (Fsp3) is 0.650. The highest BCUT2D eigenvalue weighted by Gasteiger charge is 2.01. The van der Waals surface area contributed by atoms with Crippen LogP contribution in [0, 0.1) is 5.92 Å². The molecule has 0 aromatic heterocycles. The standard InChI is InChI=1S/C20H36N4O/c1-18(2)17-25-15-9-13-23-20(21-3)22-12-8-14-24(4)16-19-10-6-5-7-11-19/h5-7,10-11,18H,8-9,12-17H2,1-4H3,(H2,21,22,23). The maximum absolute atomic E-state index is 5.58. The van der Waals surface area contributed by atoms with Gasteiger partial charge in [0.25, 0.3) is 0 Å². The van der Waals surface area contributed by atoms with E-state index >= 15 is 0 Å². The first-order valence-electron chi connectivity index (χ1n) is 9.36. The predicted molar refractivity (Wildman–Crippen MR) is 107 cm³/mol. The molecule has 2 N–H and O–H groups in total. The zero-order valence-electron chi connectivity index (χ0n) is 16.4. The quantitative estimate of drug-likeness (QED) is 0.346. The van der Waals surface area contributed by atoms with Crippen LogP contribution in [0.3, 0.4) is 0 Å². The Hall–Kier alpha value is -1.59. The minimum Gasteiger partial charge on any atom is -0.381 e. The molecule has 0 bridgehead atoms. The summed E-state index contributed by atoms with van der Waals surface area (Å²) < 4.78 is 5.58. The number of guanidine groups is 1. The molecule has 0 aliphatic heterocycles. The molecule has 0 atom stereocenters. The summed E-state index contributed by atoms with van der Waals surface area (Å²) in [6.45, 7) is 9.82. The third-order valence-corrected chi connectivity index (χ3v) is 3.74. The van der Waals surface area contributed by atoms with Gasteiger partial charge in [0, 0.05) is 39.9 Å². The fourth-order valence-electron chi connectivity index (χ4n) is 2.45. The summed E-state index contributed by atoms with van der Waals surface area (Å²) in [5, 5.41) is 6.70. The van der Waals surface area contributed by atoms with Crippen molar-refractivity contribution in [2.75, 3.05) is 46.9 Å². The highest BCUT2D eigenvalue weighted by molar-refractivity contribution is 5.79. The number of hydrogen-bond acceptors (Lipinski definition) is 3. The second kappa shape index (κ2) is 13.7. The van der Waals surface area contributed by atoms with Crippen LogP contribution in [0.25, 0.3) is 0 Å². The Morgan fingerprint density at radius 3 is 2.44 bits per heavy atom. The van der Waals surface area contributed by atoms with E-state index in [-0.39, 0.29) is 0 Å². The van der Waals surface area contributed by atoms with Crippen LogP contribution in [0.4, 0.5) is 0 Å². The molecule has 0 heterocycles. The number of ether oxygens (including phenoxy) is 1. The van der Waals surface area contributed by atoms with Crippen molar-refractivity contribution in [1.82, 2.24) is 15.5 Å². The maximum atomic E-state index is 5.58. The lowest BCUT2D eigenvalue weighted by Gasteiger charge is -2.17. The molecule has 1 rings (SSSR count). The van der Waals surface area contributed by atoms with Crippen molar-refractivity contribution >= 4 is 5.96 Å². The molecule has 142 valence electrons. The fourth-order valence-corrected chi connectivity index (χ4v) is 2.45. The Balaban J connectivity index is 2.04. The van der Waals surface area contributed by atoms with Crippen molar-refractivity contribution in [2.45, 2.75) is 33.2 Å². The van der Waals surface area contributed by atoms with E-state index in [0.717, 1.165) is 58.2 Å². The molecule has 0 unspecified atom stereocenters. The predicted octanol–water partition coefficient (Wildman–Crippen LogP) is 2.74. The van der Waals surface area contributed by atoms with Gasteiger partial charge in [0.05, 0.1) is 0 Å². The first-order valence-corrected chi connectivity index (χ1v) is 9.36. The van der Waals surface area contributed by atoms with Gasteiger partial charge < -0.3 is 20.3 Å². The number of nitrogens with zero attached hydrogens (tertiary/aromatic N) is 2. The van der Waals surface area contributed by atoms with Gasteiger partial charge in [-0.05, 0) is 37.9 Å². The minimum atomic E-state index is 0.599. The monoisotopic (exact) mass is 348 g/mol. The second-order valence-electron chi connectivity index (χ2n) is 6.83. The van der Waals surface area contributed by atoms with Gasteiger partial charge >= 0.3 is 0 Å². The van der Waals surface area contributed by atoms with Crippen LogP contribution in [-0.2, 0) is 11.3 Å². The van der Waals surface area contributed by atoms with E-state index in [2.05, 4.69) is 71.8 Å². The normalized spacial score (nSPS) is 12.0. The minimum absolute atomic E-state index is 0.599. The largest absolute Gasteiger partial charge is 0.381 e. The Morgan fingerprint density at radius 1 is 1.12 bits per heavy atom. The van der Waals surface area contributed by atoms with Gasteiger partial charge in [-0.1, -0.05) is 44.2 Å². The van der Waals surface area contributed by atoms with Gasteiger partial charge in [-0.15, -0.1) is 0 Å². The Kier molecular flexibility index (Phi) is 11.7. The van der Waals surface area contributed by atoms with Gasteiger partial charge in [0.15, 0.2) is 5.96 Å². The summed E-state index contributed by atoms with van der Waals surface area (Å²) in [5.41, 5.74) is 1.36. The average molecular weight is 349 g/mol. The second-order valence-corrected chi connectivity index (χ2v) is 6.83. The average Bonchev–Trinajstić information content (AvgIpc) is 2.60. The molecule has 0 fully saturated rings. The molecule has 25 heavy (non-hydrogen) atoms. The molecule has 0 saturated carbocycles. The summed E-state index contributed by atoms with van der Waals surface area (Å²) in [6, 6.07) is 10.6. The van der Waals surface area contributed by atoms with Crippen molar-refractivity contribution in [1.29, 1.82) is 0 Å². The lowest BCUT2D eigenvalue weighted by Crippen LogP contribution is -2.39. The summed E-state index contributed by atoms with van der Waals surface area (Å²) in [7, 11) is 3.98. The number of benzene rings is 1. The number of hydrogen-bond donors (Lipinski definition) is 2. The van der Waals surface area contributed by atoms with E-state index in [1.165, 1.54) is 5.56 Å². The summed E-state index contributed by atoms with van der Waals surface area (Å²) in [4.78, 5) is 6.60. The van der Waals surface area contributed by atoms with E-state index in [9.17, 15) is 0 Å². The van der Waals surface area contributed by atoms with Crippen LogP contribution in [-0.4, -0.2) is 57.8 Å². The van der Waals surface area contributed by atoms with E-state index in [0.29, 0.717) is 5.92 Å². The van der Waals surface area contributed by atoms with Gasteiger partial charge in [0.1, 0.15) is 0 Å². The molecule has 5 heteroatoms. The van der Waals surface area contributed by atoms with E-state index in [1.807, 2.05) is 7.05 Å². The molecular weight excluding hydrogens is 312 g/mol. The Labute approximate surface area is 153 Å². The van der Waals surface area contributed by atoms with Crippen molar-refractivity contribution < 1.29 is 4.74 Å². The van der Waals surface area contributed by atoms with Crippen LogP contribution >= 0.6 is 0 Å². The summed E-state index contributed by atoms with van der Waals surface area (Å²) in [5.74, 6) is 1.47. The summed E-state index contributed by atoms with van der Waals surface area (Å²) in [6.07, 6.45) is 2.08. The first kappa shape index (κ1) is 21.5. The molecule has 0 saturated heterocycles. The lowest BCUT2D eigenvalue weighted by molar-refractivity contribution is 0.108. The number of nitrogens with one attached hydrogen (secondary N) is 2. The molecule has 0 amide bonds. The molecular formula is C20H36N4O. The zero-order chi connectivity index (χ0) is 18.3. The Morgan fingerprint density at radius 2 is 1.80 bits per heavy atom. The van der Waals surface area contributed by atoms with Crippen molar-refractivity contribution in [3.8, 4) is 0 Å². The van der Waals surface area contributed by atoms with E-state index in [4.69, 9.17) is 4.74 Å². The molecule has 0 spiro atoms. The maximum Gasteiger partial charge on any atom is 0.190 e. The highest BCUT2D eigenvalue weighted by Crippen LogP contribution is 2.02. The van der Waals surface area contributed by atoms with Crippen LogP contribution < -0.4 is 10.6 Å². The summed E-state index contributed by atoms with van der Waals surface area (Å²) >= 11 is 0. The first-order chi connectivity index (χ1) is 12.1. The van der Waals surface area contributed by atoms with Crippen molar-refractivity contribution in [3.63, 3.8) is 0 Å². The van der Waals surface area contributed by atoms with Gasteiger partial charge in [-0.2, -0.15) is 0 Å². The smallest absolute Gasteiger partial charge is 0.190 e. The molecule has 0 aliphatic rings. The zero-order valence-corrected chi connectivity index (χ0v) is 16.4. The van der Waals surface area contributed by atoms with Crippen molar-refractivity contribution in [2.24, 2.45) is 10.9 Å².